The molecule has 20 heavy (non-hydrogen) atoms. The standard InChI is InChI=1S/C17H24N2O/c1-4-17(5-2,12-20)11-18-15-8-6-7-14-10-9-13(3)19-16(14)15/h6-10,18,20H,4-5,11-12H2,1-3H3. The summed E-state index contributed by atoms with van der Waals surface area (Å²) < 4.78 is 0. The zero-order valence-corrected chi connectivity index (χ0v) is 12.6. The summed E-state index contributed by atoms with van der Waals surface area (Å²) in [6.07, 6.45) is 1.93. The molecular weight excluding hydrogens is 248 g/mol. The number of aliphatic hydroxyl groups excluding tert-OH is 1. The SMILES string of the molecule is CCC(CC)(CO)CNc1cccc2ccc(C)nc12. The van der Waals surface area contributed by atoms with Crippen LogP contribution < -0.4 is 5.32 Å². The van der Waals surface area contributed by atoms with Gasteiger partial charge in [0.2, 0.25) is 0 Å². The predicted octanol–water partition coefficient (Wildman–Crippen LogP) is 3.75. The second-order valence-electron chi connectivity index (χ2n) is 5.55. The third kappa shape index (κ3) is 2.93. The highest BCUT2D eigenvalue weighted by Crippen LogP contribution is 2.28. The van der Waals surface area contributed by atoms with Gasteiger partial charge in [0.05, 0.1) is 17.8 Å². The molecule has 0 saturated heterocycles. The Kier molecular flexibility index (Phi) is 4.61. The second-order valence-corrected chi connectivity index (χ2v) is 5.55. The first-order valence-corrected chi connectivity index (χ1v) is 7.35. The van der Waals surface area contributed by atoms with Crippen LogP contribution in [0, 0.1) is 12.3 Å². The molecule has 0 aliphatic carbocycles. The smallest absolute Gasteiger partial charge is 0.0936 e. The minimum Gasteiger partial charge on any atom is -0.396 e. The molecule has 1 aromatic carbocycles. The number of nitrogens with one attached hydrogen (secondary N) is 1. The van der Waals surface area contributed by atoms with E-state index >= 15 is 0 Å². The lowest BCUT2D eigenvalue weighted by Crippen LogP contribution is -2.32. The number of rotatable bonds is 6. The number of benzene rings is 1. The Hall–Kier alpha value is -1.61. The average molecular weight is 272 g/mol. The fourth-order valence-electron chi connectivity index (χ4n) is 2.45. The van der Waals surface area contributed by atoms with Crippen LogP contribution in [0.5, 0.6) is 0 Å². The van der Waals surface area contributed by atoms with Crippen molar-refractivity contribution < 1.29 is 5.11 Å². The van der Waals surface area contributed by atoms with Crippen molar-refractivity contribution in [2.75, 3.05) is 18.5 Å². The highest BCUT2D eigenvalue weighted by molar-refractivity contribution is 5.90. The Labute approximate surface area is 121 Å². The minimum atomic E-state index is -0.0496. The van der Waals surface area contributed by atoms with Gasteiger partial charge in [-0.15, -0.1) is 0 Å². The molecule has 0 fully saturated rings. The lowest BCUT2D eigenvalue weighted by molar-refractivity contribution is 0.127. The van der Waals surface area contributed by atoms with Gasteiger partial charge < -0.3 is 10.4 Å². The molecule has 1 heterocycles. The quantitative estimate of drug-likeness (QED) is 0.841. The molecule has 108 valence electrons. The van der Waals surface area contributed by atoms with E-state index in [4.69, 9.17) is 0 Å². The number of aliphatic hydroxyl groups is 1. The van der Waals surface area contributed by atoms with Gasteiger partial charge in [-0.25, -0.2) is 0 Å². The summed E-state index contributed by atoms with van der Waals surface area (Å²) in [7, 11) is 0. The first-order valence-electron chi connectivity index (χ1n) is 7.35. The number of anilines is 1. The lowest BCUT2D eigenvalue weighted by atomic mass is 9.83. The van der Waals surface area contributed by atoms with E-state index in [9.17, 15) is 5.11 Å². The molecule has 3 nitrogen and oxygen atoms in total. The summed E-state index contributed by atoms with van der Waals surface area (Å²) >= 11 is 0. The number of nitrogens with zero attached hydrogens (tertiary/aromatic N) is 1. The van der Waals surface area contributed by atoms with E-state index in [0.29, 0.717) is 0 Å². The number of fused-ring (bicyclic) bond motifs is 1. The van der Waals surface area contributed by atoms with E-state index in [0.717, 1.165) is 41.7 Å². The van der Waals surface area contributed by atoms with Crippen molar-refractivity contribution >= 4 is 16.6 Å². The first kappa shape index (κ1) is 14.8. The first-order chi connectivity index (χ1) is 9.64. The van der Waals surface area contributed by atoms with Gasteiger partial charge in [0.25, 0.3) is 0 Å². The Balaban J connectivity index is 2.28. The Bertz CT molecular complexity index is 568. The van der Waals surface area contributed by atoms with Crippen molar-refractivity contribution in [3.05, 3.63) is 36.0 Å². The monoisotopic (exact) mass is 272 g/mol. The van der Waals surface area contributed by atoms with Crippen LogP contribution in [0.2, 0.25) is 0 Å². The molecular formula is C17H24N2O. The lowest BCUT2D eigenvalue weighted by Gasteiger charge is -2.30. The highest BCUT2D eigenvalue weighted by Gasteiger charge is 2.25. The van der Waals surface area contributed by atoms with Crippen molar-refractivity contribution in [2.24, 2.45) is 5.41 Å². The largest absolute Gasteiger partial charge is 0.396 e. The van der Waals surface area contributed by atoms with Crippen LogP contribution in [0.1, 0.15) is 32.4 Å². The summed E-state index contributed by atoms with van der Waals surface area (Å²) in [5.74, 6) is 0. The van der Waals surface area contributed by atoms with Crippen molar-refractivity contribution in [2.45, 2.75) is 33.6 Å². The van der Waals surface area contributed by atoms with Crippen molar-refractivity contribution in [3.63, 3.8) is 0 Å². The van der Waals surface area contributed by atoms with Crippen LogP contribution in [0.25, 0.3) is 10.9 Å². The number of aryl methyl sites for hydroxylation is 1. The van der Waals surface area contributed by atoms with E-state index in [1.54, 1.807) is 0 Å². The fourth-order valence-corrected chi connectivity index (χ4v) is 2.45. The van der Waals surface area contributed by atoms with E-state index < -0.39 is 0 Å². The van der Waals surface area contributed by atoms with Gasteiger partial charge in [-0.05, 0) is 31.9 Å². The van der Waals surface area contributed by atoms with Crippen LogP contribution in [0.3, 0.4) is 0 Å². The summed E-state index contributed by atoms with van der Waals surface area (Å²) in [6, 6.07) is 10.3. The van der Waals surface area contributed by atoms with Crippen molar-refractivity contribution in [1.82, 2.24) is 4.98 Å². The maximum atomic E-state index is 9.66. The molecule has 3 heteroatoms. The van der Waals surface area contributed by atoms with Gasteiger partial charge in [-0.2, -0.15) is 0 Å². The minimum absolute atomic E-state index is 0.0496. The van der Waals surface area contributed by atoms with Crippen molar-refractivity contribution in [3.8, 4) is 0 Å². The molecule has 2 aromatic rings. The Morgan fingerprint density at radius 1 is 1.15 bits per heavy atom. The van der Waals surface area contributed by atoms with E-state index in [2.05, 4.69) is 42.3 Å². The molecule has 1 aromatic heterocycles. The third-order valence-corrected chi connectivity index (χ3v) is 4.35. The van der Waals surface area contributed by atoms with Gasteiger partial charge in [-0.3, -0.25) is 4.98 Å². The fraction of sp³-hybridized carbons (Fsp3) is 0.471. The normalized spacial score (nSPS) is 11.8. The van der Waals surface area contributed by atoms with Gasteiger partial charge >= 0.3 is 0 Å². The number of aromatic nitrogens is 1. The van der Waals surface area contributed by atoms with Crippen LogP contribution >= 0.6 is 0 Å². The zero-order chi connectivity index (χ0) is 14.6. The summed E-state index contributed by atoms with van der Waals surface area (Å²) in [5.41, 5.74) is 3.02. The van der Waals surface area contributed by atoms with Crippen LogP contribution in [-0.2, 0) is 0 Å². The maximum Gasteiger partial charge on any atom is 0.0936 e. The molecule has 0 saturated carbocycles. The summed E-state index contributed by atoms with van der Waals surface area (Å²) in [5, 5.41) is 14.3. The van der Waals surface area contributed by atoms with Gasteiger partial charge in [-0.1, -0.05) is 32.0 Å². The molecule has 0 aliphatic heterocycles. The molecule has 0 aliphatic rings. The molecule has 0 spiro atoms. The molecule has 0 bridgehead atoms. The Morgan fingerprint density at radius 2 is 1.90 bits per heavy atom. The molecule has 0 atom stereocenters. The molecule has 2 rings (SSSR count). The zero-order valence-electron chi connectivity index (χ0n) is 12.6. The Morgan fingerprint density at radius 3 is 2.55 bits per heavy atom. The van der Waals surface area contributed by atoms with Crippen molar-refractivity contribution in [1.29, 1.82) is 0 Å². The number of hydrogen-bond donors (Lipinski definition) is 2. The average Bonchev–Trinajstić information content (AvgIpc) is 2.49. The van der Waals surface area contributed by atoms with Gasteiger partial charge in [0.15, 0.2) is 0 Å². The van der Waals surface area contributed by atoms with Gasteiger partial charge in [0, 0.05) is 23.0 Å². The summed E-state index contributed by atoms with van der Waals surface area (Å²) in [4.78, 5) is 4.63. The van der Waals surface area contributed by atoms with Crippen LogP contribution in [-0.4, -0.2) is 23.2 Å². The molecule has 0 amide bonds. The molecule has 0 radical (unpaired) electrons. The molecule has 0 unspecified atom stereocenters. The van der Waals surface area contributed by atoms with Gasteiger partial charge in [0.1, 0.15) is 0 Å². The van der Waals surface area contributed by atoms with Crippen LogP contribution in [0.15, 0.2) is 30.3 Å². The number of pyridine rings is 1. The highest BCUT2D eigenvalue weighted by atomic mass is 16.3. The topological polar surface area (TPSA) is 45.1 Å². The number of hydrogen-bond acceptors (Lipinski definition) is 3. The predicted molar refractivity (Wildman–Crippen MR) is 85.1 cm³/mol. The van der Waals surface area contributed by atoms with E-state index in [1.807, 2.05) is 19.1 Å². The molecule has 2 N–H and O–H groups in total. The van der Waals surface area contributed by atoms with E-state index in [-0.39, 0.29) is 12.0 Å². The van der Waals surface area contributed by atoms with E-state index in [1.165, 1.54) is 0 Å². The number of para-hydroxylation sites is 1. The summed E-state index contributed by atoms with van der Waals surface area (Å²) in [6.45, 7) is 7.25. The maximum absolute atomic E-state index is 9.66. The second kappa shape index (κ2) is 6.23. The third-order valence-electron chi connectivity index (χ3n) is 4.35. The van der Waals surface area contributed by atoms with Crippen LogP contribution in [0.4, 0.5) is 5.69 Å².